The van der Waals surface area contributed by atoms with Crippen LogP contribution in [0.3, 0.4) is 0 Å². The van der Waals surface area contributed by atoms with E-state index in [9.17, 15) is 4.79 Å². The number of benzene rings is 1. The quantitative estimate of drug-likeness (QED) is 0.814. The van der Waals surface area contributed by atoms with Crippen molar-refractivity contribution in [2.75, 3.05) is 6.26 Å². The van der Waals surface area contributed by atoms with Crippen molar-refractivity contribution in [3.05, 3.63) is 36.0 Å². The summed E-state index contributed by atoms with van der Waals surface area (Å²) in [4.78, 5) is 12.6. The molecule has 0 aliphatic heterocycles. The molecule has 18 heavy (non-hydrogen) atoms. The molecule has 3 nitrogen and oxygen atoms in total. The zero-order valence-corrected chi connectivity index (χ0v) is 11.8. The van der Waals surface area contributed by atoms with Gasteiger partial charge in [-0.3, -0.25) is 5.32 Å². The van der Waals surface area contributed by atoms with E-state index in [4.69, 9.17) is 4.74 Å². The highest BCUT2D eigenvalue weighted by atomic mass is 32.2. The average Bonchev–Trinajstić information content (AvgIpc) is 2.35. The van der Waals surface area contributed by atoms with E-state index < -0.39 is 6.09 Å². The Morgan fingerprint density at radius 2 is 2.28 bits per heavy atom. The summed E-state index contributed by atoms with van der Waals surface area (Å²) in [5.74, 6) is 0.562. The second-order valence-corrected chi connectivity index (χ2v) is 4.70. The lowest BCUT2D eigenvalue weighted by Gasteiger charge is -2.07. The molecule has 98 valence electrons. The second kappa shape index (κ2) is 7.82. The number of unbranched alkanes of at least 4 members (excludes halogenated alkanes) is 1. The van der Waals surface area contributed by atoms with E-state index in [1.54, 1.807) is 24.0 Å². The van der Waals surface area contributed by atoms with E-state index in [1.807, 2.05) is 31.4 Å². The summed E-state index contributed by atoms with van der Waals surface area (Å²) in [7, 11) is 0. The number of carbonyl (C=O) groups excluding carboxylic acids is 1. The summed E-state index contributed by atoms with van der Waals surface area (Å²) in [6.45, 7) is 4.08. The average molecular weight is 265 g/mol. The molecule has 1 aromatic carbocycles. The van der Waals surface area contributed by atoms with Gasteiger partial charge in [-0.25, -0.2) is 4.79 Å². The van der Waals surface area contributed by atoms with Crippen molar-refractivity contribution in [2.45, 2.75) is 31.6 Å². The zero-order valence-electron chi connectivity index (χ0n) is 11.0. The Balaban J connectivity index is 2.51. The number of ether oxygens (including phenoxy) is 1. The van der Waals surface area contributed by atoms with Gasteiger partial charge in [0.2, 0.25) is 0 Å². The fourth-order valence-electron chi connectivity index (χ4n) is 1.43. The number of carbonyl (C=O) groups is 1. The van der Waals surface area contributed by atoms with Crippen molar-refractivity contribution < 1.29 is 9.53 Å². The minimum absolute atomic E-state index is 0.460. The van der Waals surface area contributed by atoms with Crippen LogP contribution in [0.15, 0.2) is 35.4 Å². The molecule has 0 aromatic heterocycles. The SMILES string of the molecule is CCCC=CNC(=O)Oc1ccc(SC)c(C)c1. The fourth-order valence-corrected chi connectivity index (χ4v) is 2.01. The monoisotopic (exact) mass is 265 g/mol. The first-order valence-corrected chi connectivity index (χ1v) is 7.17. The maximum atomic E-state index is 11.5. The predicted octanol–water partition coefficient (Wildman–Crippen LogP) is 4.12. The lowest BCUT2D eigenvalue weighted by atomic mass is 10.2. The molecule has 0 fully saturated rings. The first kappa shape index (κ1) is 14.6. The molecule has 4 heteroatoms. The van der Waals surface area contributed by atoms with E-state index >= 15 is 0 Å². The molecule has 0 aliphatic carbocycles. The highest BCUT2D eigenvalue weighted by Gasteiger charge is 2.04. The molecule has 0 atom stereocenters. The maximum Gasteiger partial charge on any atom is 0.416 e. The Morgan fingerprint density at radius 3 is 2.89 bits per heavy atom. The van der Waals surface area contributed by atoms with Crippen molar-refractivity contribution in [1.29, 1.82) is 0 Å². The largest absolute Gasteiger partial charge is 0.416 e. The van der Waals surface area contributed by atoms with E-state index in [1.165, 1.54) is 4.90 Å². The molecule has 0 unspecified atom stereocenters. The molecule has 0 bridgehead atoms. The number of amides is 1. The minimum atomic E-state index is -0.460. The van der Waals surface area contributed by atoms with E-state index in [2.05, 4.69) is 12.2 Å². The minimum Gasteiger partial charge on any atom is -0.410 e. The summed E-state index contributed by atoms with van der Waals surface area (Å²) in [6.07, 6.45) is 7.09. The normalized spacial score (nSPS) is 10.6. The van der Waals surface area contributed by atoms with Gasteiger partial charge >= 0.3 is 6.09 Å². The molecule has 0 aliphatic rings. The van der Waals surface area contributed by atoms with Crippen molar-refractivity contribution in [3.8, 4) is 5.75 Å². The van der Waals surface area contributed by atoms with Crippen LogP contribution in [0, 0.1) is 6.92 Å². The van der Waals surface area contributed by atoms with Crippen molar-refractivity contribution in [2.24, 2.45) is 0 Å². The van der Waals surface area contributed by atoms with Gasteiger partial charge in [-0.2, -0.15) is 0 Å². The summed E-state index contributed by atoms with van der Waals surface area (Å²) in [5.41, 5.74) is 1.11. The fraction of sp³-hybridized carbons (Fsp3) is 0.357. The first-order valence-electron chi connectivity index (χ1n) is 5.95. The Hall–Kier alpha value is -1.42. The standard InChI is InChI=1S/C14H19NO2S/c1-4-5-6-9-15-14(16)17-12-7-8-13(18-3)11(2)10-12/h6-10H,4-5H2,1-3H3,(H,15,16). The number of allylic oxidation sites excluding steroid dienone is 1. The van der Waals surface area contributed by atoms with Crippen LogP contribution in [-0.2, 0) is 0 Å². The second-order valence-electron chi connectivity index (χ2n) is 3.86. The smallest absolute Gasteiger partial charge is 0.410 e. The van der Waals surface area contributed by atoms with Gasteiger partial charge in [0.05, 0.1) is 0 Å². The van der Waals surface area contributed by atoms with Gasteiger partial charge in [-0.15, -0.1) is 11.8 Å². The number of nitrogens with one attached hydrogen (secondary N) is 1. The number of thioether (sulfide) groups is 1. The molecule has 0 heterocycles. The molecule has 1 rings (SSSR count). The van der Waals surface area contributed by atoms with Crippen LogP contribution >= 0.6 is 11.8 Å². The molecule has 0 spiro atoms. The van der Waals surface area contributed by atoms with Crippen LogP contribution in [0.1, 0.15) is 25.3 Å². The summed E-state index contributed by atoms with van der Waals surface area (Å²) >= 11 is 1.68. The van der Waals surface area contributed by atoms with Crippen LogP contribution in [0.2, 0.25) is 0 Å². The number of aryl methyl sites for hydroxylation is 1. The van der Waals surface area contributed by atoms with Gasteiger partial charge in [0.1, 0.15) is 5.75 Å². The summed E-state index contributed by atoms with van der Waals surface area (Å²) < 4.78 is 5.16. The Bertz CT molecular complexity index is 430. The van der Waals surface area contributed by atoms with E-state index in [0.29, 0.717) is 5.75 Å². The van der Waals surface area contributed by atoms with Gasteiger partial charge in [-0.1, -0.05) is 19.4 Å². The summed E-state index contributed by atoms with van der Waals surface area (Å²) in [6, 6.07) is 5.62. The van der Waals surface area contributed by atoms with Crippen LogP contribution in [-0.4, -0.2) is 12.3 Å². The van der Waals surface area contributed by atoms with Crippen molar-refractivity contribution >= 4 is 17.9 Å². The molecule has 1 N–H and O–H groups in total. The van der Waals surface area contributed by atoms with Crippen molar-refractivity contribution in [3.63, 3.8) is 0 Å². The first-order chi connectivity index (χ1) is 8.67. The Labute approximate surface area is 113 Å². The third-order valence-corrected chi connectivity index (χ3v) is 3.25. The third kappa shape index (κ3) is 4.84. The molecular formula is C14H19NO2S. The molecule has 1 amide bonds. The van der Waals surface area contributed by atoms with Crippen LogP contribution in [0.25, 0.3) is 0 Å². The highest BCUT2D eigenvalue weighted by molar-refractivity contribution is 7.98. The number of hydrogen-bond donors (Lipinski definition) is 1. The van der Waals surface area contributed by atoms with E-state index in [-0.39, 0.29) is 0 Å². The van der Waals surface area contributed by atoms with Crippen LogP contribution in [0.5, 0.6) is 5.75 Å². The topological polar surface area (TPSA) is 38.3 Å². The Morgan fingerprint density at radius 1 is 1.50 bits per heavy atom. The lowest BCUT2D eigenvalue weighted by molar-refractivity contribution is 0.204. The zero-order chi connectivity index (χ0) is 13.4. The van der Waals surface area contributed by atoms with Crippen LogP contribution < -0.4 is 10.1 Å². The number of hydrogen-bond acceptors (Lipinski definition) is 3. The number of rotatable bonds is 5. The molecule has 0 saturated heterocycles. The van der Waals surface area contributed by atoms with Crippen LogP contribution in [0.4, 0.5) is 4.79 Å². The Kier molecular flexibility index (Phi) is 6.36. The van der Waals surface area contributed by atoms with Gasteiger partial charge < -0.3 is 4.74 Å². The summed E-state index contributed by atoms with van der Waals surface area (Å²) in [5, 5.41) is 2.57. The van der Waals surface area contributed by atoms with Gasteiger partial charge in [-0.05, 0) is 43.4 Å². The van der Waals surface area contributed by atoms with Crippen molar-refractivity contribution in [1.82, 2.24) is 5.32 Å². The molecule has 0 radical (unpaired) electrons. The van der Waals surface area contributed by atoms with Gasteiger partial charge in [0.15, 0.2) is 0 Å². The van der Waals surface area contributed by atoms with E-state index in [0.717, 1.165) is 18.4 Å². The lowest BCUT2D eigenvalue weighted by Crippen LogP contribution is -2.21. The third-order valence-electron chi connectivity index (χ3n) is 2.35. The predicted molar refractivity (Wildman–Crippen MR) is 76.2 cm³/mol. The highest BCUT2D eigenvalue weighted by Crippen LogP contribution is 2.24. The molecule has 1 aromatic rings. The molecule has 0 saturated carbocycles. The maximum absolute atomic E-state index is 11.5. The van der Waals surface area contributed by atoms with Gasteiger partial charge in [0.25, 0.3) is 0 Å². The molecular weight excluding hydrogens is 246 g/mol. The van der Waals surface area contributed by atoms with Gasteiger partial charge in [0, 0.05) is 11.1 Å².